The Labute approximate surface area is 136 Å². The van der Waals surface area contributed by atoms with Crippen LogP contribution in [-0.2, 0) is 0 Å². The Morgan fingerprint density at radius 1 is 1.11 bits per heavy atom. The molecule has 5 heteroatoms. The van der Waals surface area contributed by atoms with Crippen molar-refractivity contribution in [3.63, 3.8) is 0 Å². The molecule has 0 aromatic heterocycles. The van der Waals surface area contributed by atoms with Gasteiger partial charge in [-0.2, -0.15) is 0 Å². The highest BCUT2D eigenvalue weighted by molar-refractivity contribution is 14.0. The number of unbranched alkanes of at least 4 members (excludes halogenated alkanes) is 1. The van der Waals surface area contributed by atoms with Crippen molar-refractivity contribution < 1.29 is 0 Å². The van der Waals surface area contributed by atoms with Crippen LogP contribution in [0.1, 0.15) is 47.5 Å². The van der Waals surface area contributed by atoms with Gasteiger partial charge in [0.05, 0.1) is 0 Å². The van der Waals surface area contributed by atoms with Crippen molar-refractivity contribution in [2.45, 2.75) is 53.5 Å². The Morgan fingerprint density at radius 2 is 1.74 bits per heavy atom. The summed E-state index contributed by atoms with van der Waals surface area (Å²) in [5.74, 6) is 0.940. The third-order valence-corrected chi connectivity index (χ3v) is 2.82. The molecule has 0 aliphatic rings. The van der Waals surface area contributed by atoms with E-state index in [9.17, 15) is 0 Å². The molecule has 19 heavy (non-hydrogen) atoms. The van der Waals surface area contributed by atoms with Crippen molar-refractivity contribution in [2.75, 3.05) is 32.7 Å². The van der Waals surface area contributed by atoms with Crippen molar-refractivity contribution in [1.82, 2.24) is 15.5 Å². The molecule has 0 aliphatic carbocycles. The molecule has 116 valence electrons. The molecule has 0 saturated carbocycles. The van der Waals surface area contributed by atoms with E-state index in [0.717, 1.165) is 38.6 Å². The molecule has 4 nitrogen and oxygen atoms in total. The van der Waals surface area contributed by atoms with E-state index in [0.29, 0.717) is 6.04 Å². The van der Waals surface area contributed by atoms with Gasteiger partial charge in [0.15, 0.2) is 5.96 Å². The number of nitrogens with zero attached hydrogens (tertiary/aromatic N) is 2. The summed E-state index contributed by atoms with van der Waals surface area (Å²) in [6.07, 6.45) is 2.39. The van der Waals surface area contributed by atoms with Crippen molar-refractivity contribution >= 4 is 29.9 Å². The molecule has 0 radical (unpaired) electrons. The fraction of sp³-hybridized carbons (Fsp3) is 0.929. The normalized spacial score (nSPS) is 11.6. The molecule has 0 aromatic carbocycles. The number of guanidine groups is 1. The molecular formula is C14H33IN4. The van der Waals surface area contributed by atoms with Gasteiger partial charge in [0.2, 0.25) is 0 Å². The maximum Gasteiger partial charge on any atom is 0.191 e. The quantitative estimate of drug-likeness (QED) is 0.278. The zero-order chi connectivity index (χ0) is 13.8. The summed E-state index contributed by atoms with van der Waals surface area (Å²) < 4.78 is 0. The molecule has 0 fully saturated rings. The SMILES string of the molecule is CCNC(=NCCCCN(CC)CC)NC(C)C.I. The Kier molecular flexibility index (Phi) is 16.1. The first kappa shape index (κ1) is 21.3. The number of aliphatic imine (C=N–C) groups is 1. The van der Waals surface area contributed by atoms with Crippen molar-refractivity contribution in [3.8, 4) is 0 Å². The highest BCUT2D eigenvalue weighted by Gasteiger charge is 2.00. The number of hydrogen-bond donors (Lipinski definition) is 2. The fourth-order valence-corrected chi connectivity index (χ4v) is 1.77. The zero-order valence-electron chi connectivity index (χ0n) is 13.3. The first-order valence-electron chi connectivity index (χ1n) is 7.41. The average Bonchev–Trinajstić information content (AvgIpc) is 2.33. The summed E-state index contributed by atoms with van der Waals surface area (Å²) in [5.41, 5.74) is 0. The van der Waals surface area contributed by atoms with E-state index < -0.39 is 0 Å². The van der Waals surface area contributed by atoms with E-state index in [1.165, 1.54) is 13.0 Å². The largest absolute Gasteiger partial charge is 0.357 e. The summed E-state index contributed by atoms with van der Waals surface area (Å²) in [5, 5.41) is 6.60. The minimum absolute atomic E-state index is 0. The minimum atomic E-state index is 0. The van der Waals surface area contributed by atoms with Gasteiger partial charge in [0.1, 0.15) is 0 Å². The lowest BCUT2D eigenvalue weighted by molar-refractivity contribution is 0.297. The van der Waals surface area contributed by atoms with Gasteiger partial charge in [-0.3, -0.25) is 4.99 Å². The van der Waals surface area contributed by atoms with Gasteiger partial charge in [0.25, 0.3) is 0 Å². The predicted molar refractivity (Wildman–Crippen MR) is 96.7 cm³/mol. The van der Waals surface area contributed by atoms with E-state index in [4.69, 9.17) is 0 Å². The first-order valence-corrected chi connectivity index (χ1v) is 7.41. The maximum absolute atomic E-state index is 4.58. The molecular weight excluding hydrogens is 351 g/mol. The zero-order valence-corrected chi connectivity index (χ0v) is 15.7. The minimum Gasteiger partial charge on any atom is -0.357 e. The second-order valence-corrected chi connectivity index (χ2v) is 4.79. The van der Waals surface area contributed by atoms with Gasteiger partial charge in [0, 0.05) is 19.1 Å². The molecule has 0 saturated heterocycles. The molecule has 0 aromatic rings. The van der Waals surface area contributed by atoms with E-state index in [2.05, 4.69) is 55.1 Å². The monoisotopic (exact) mass is 384 g/mol. The van der Waals surface area contributed by atoms with Crippen LogP contribution in [-0.4, -0.2) is 49.6 Å². The average molecular weight is 384 g/mol. The van der Waals surface area contributed by atoms with E-state index in [1.54, 1.807) is 0 Å². The molecule has 0 heterocycles. The van der Waals surface area contributed by atoms with Gasteiger partial charge < -0.3 is 15.5 Å². The van der Waals surface area contributed by atoms with Crippen LogP contribution < -0.4 is 10.6 Å². The van der Waals surface area contributed by atoms with Crippen LogP contribution in [0.4, 0.5) is 0 Å². The Hall–Kier alpha value is -0.0400. The summed E-state index contributed by atoms with van der Waals surface area (Å²) in [6, 6.07) is 0.429. The highest BCUT2D eigenvalue weighted by atomic mass is 127. The second-order valence-electron chi connectivity index (χ2n) is 4.79. The van der Waals surface area contributed by atoms with Crippen LogP contribution in [0.15, 0.2) is 4.99 Å². The summed E-state index contributed by atoms with van der Waals surface area (Å²) in [7, 11) is 0. The molecule has 0 rings (SSSR count). The molecule has 0 aliphatic heterocycles. The summed E-state index contributed by atoms with van der Waals surface area (Å²) >= 11 is 0. The van der Waals surface area contributed by atoms with Gasteiger partial charge in [-0.25, -0.2) is 0 Å². The molecule has 0 spiro atoms. The Morgan fingerprint density at radius 3 is 2.21 bits per heavy atom. The van der Waals surface area contributed by atoms with Gasteiger partial charge in [-0.05, 0) is 53.2 Å². The van der Waals surface area contributed by atoms with Crippen LogP contribution in [0, 0.1) is 0 Å². The topological polar surface area (TPSA) is 39.7 Å². The van der Waals surface area contributed by atoms with Gasteiger partial charge >= 0.3 is 0 Å². The Balaban J connectivity index is 0. The molecule has 0 amide bonds. The third-order valence-electron chi connectivity index (χ3n) is 2.82. The lowest BCUT2D eigenvalue weighted by Crippen LogP contribution is -2.41. The van der Waals surface area contributed by atoms with E-state index >= 15 is 0 Å². The van der Waals surface area contributed by atoms with Crippen LogP contribution in [0.3, 0.4) is 0 Å². The van der Waals surface area contributed by atoms with Gasteiger partial charge in [-0.15, -0.1) is 24.0 Å². The lowest BCUT2D eigenvalue weighted by Gasteiger charge is -2.17. The van der Waals surface area contributed by atoms with Gasteiger partial charge in [-0.1, -0.05) is 13.8 Å². The molecule has 2 N–H and O–H groups in total. The van der Waals surface area contributed by atoms with E-state index in [1.807, 2.05) is 0 Å². The molecule has 0 atom stereocenters. The highest BCUT2D eigenvalue weighted by Crippen LogP contribution is 1.95. The van der Waals surface area contributed by atoms with Crippen molar-refractivity contribution in [1.29, 1.82) is 0 Å². The number of rotatable bonds is 9. The second kappa shape index (κ2) is 14.4. The van der Waals surface area contributed by atoms with Crippen LogP contribution in [0.5, 0.6) is 0 Å². The number of halogens is 1. The number of nitrogens with one attached hydrogen (secondary N) is 2. The van der Waals surface area contributed by atoms with Crippen LogP contribution in [0.25, 0.3) is 0 Å². The van der Waals surface area contributed by atoms with Crippen LogP contribution in [0.2, 0.25) is 0 Å². The lowest BCUT2D eigenvalue weighted by atomic mass is 10.3. The molecule has 0 bridgehead atoms. The number of hydrogen-bond acceptors (Lipinski definition) is 2. The van der Waals surface area contributed by atoms with Crippen molar-refractivity contribution in [3.05, 3.63) is 0 Å². The smallest absolute Gasteiger partial charge is 0.191 e. The Bertz CT molecular complexity index is 215. The third kappa shape index (κ3) is 12.7. The standard InChI is InChI=1S/C14H32N4.HI/c1-6-15-14(17-13(4)5)16-11-9-10-12-18(7-2)8-3;/h13H,6-12H2,1-5H3,(H2,15,16,17);1H. The van der Waals surface area contributed by atoms with Crippen LogP contribution >= 0.6 is 24.0 Å². The maximum atomic E-state index is 4.58. The van der Waals surface area contributed by atoms with E-state index in [-0.39, 0.29) is 24.0 Å². The summed E-state index contributed by atoms with van der Waals surface area (Å²) in [6.45, 7) is 16.1. The fourth-order valence-electron chi connectivity index (χ4n) is 1.77. The molecule has 0 unspecified atom stereocenters. The predicted octanol–water partition coefficient (Wildman–Crippen LogP) is 2.69. The summed E-state index contributed by atoms with van der Waals surface area (Å²) in [4.78, 5) is 7.04. The first-order chi connectivity index (χ1) is 8.63. The van der Waals surface area contributed by atoms with Crippen molar-refractivity contribution in [2.24, 2.45) is 4.99 Å².